The fraction of sp³-hybridized carbons (Fsp3) is 0.235. The molecule has 0 radical (unpaired) electrons. The minimum atomic E-state index is -0.271. The summed E-state index contributed by atoms with van der Waals surface area (Å²) >= 11 is 0. The molecule has 1 aromatic heterocycles. The number of likely N-dealkylation sites (N-methyl/N-ethyl adjacent to an activating group) is 1. The van der Waals surface area contributed by atoms with E-state index in [1.807, 2.05) is 37.4 Å². The van der Waals surface area contributed by atoms with Gasteiger partial charge in [-0.05, 0) is 53.9 Å². The SMILES string of the molecule is CN(CCOc1ccc(F)cc1)Cc1nnnn1-c1ccccc1. The Morgan fingerprint density at radius 3 is 2.58 bits per heavy atom. The Labute approximate surface area is 139 Å². The largest absolute Gasteiger partial charge is 0.492 e. The van der Waals surface area contributed by atoms with Crippen molar-refractivity contribution < 1.29 is 9.13 Å². The van der Waals surface area contributed by atoms with Crippen LogP contribution in [-0.2, 0) is 6.54 Å². The summed E-state index contributed by atoms with van der Waals surface area (Å²) in [7, 11) is 1.97. The number of aromatic nitrogens is 4. The summed E-state index contributed by atoms with van der Waals surface area (Å²) in [6, 6.07) is 15.8. The minimum absolute atomic E-state index is 0.271. The first-order valence-electron chi connectivity index (χ1n) is 7.62. The van der Waals surface area contributed by atoms with Gasteiger partial charge in [0.25, 0.3) is 0 Å². The van der Waals surface area contributed by atoms with Crippen LogP contribution in [0.5, 0.6) is 5.75 Å². The molecule has 0 spiro atoms. The Kier molecular flexibility index (Phi) is 5.12. The second kappa shape index (κ2) is 7.65. The zero-order valence-corrected chi connectivity index (χ0v) is 13.3. The first kappa shape index (κ1) is 16.1. The van der Waals surface area contributed by atoms with E-state index in [9.17, 15) is 4.39 Å². The molecule has 124 valence electrons. The van der Waals surface area contributed by atoms with E-state index < -0.39 is 0 Å². The number of hydrogen-bond donors (Lipinski definition) is 0. The number of tetrazole rings is 1. The van der Waals surface area contributed by atoms with Gasteiger partial charge in [-0.25, -0.2) is 4.39 Å². The second-order valence-corrected chi connectivity index (χ2v) is 5.38. The van der Waals surface area contributed by atoms with Gasteiger partial charge in [0.15, 0.2) is 5.82 Å². The van der Waals surface area contributed by atoms with E-state index >= 15 is 0 Å². The van der Waals surface area contributed by atoms with E-state index in [0.29, 0.717) is 25.4 Å². The Morgan fingerprint density at radius 1 is 1.08 bits per heavy atom. The molecule has 1 heterocycles. The number of rotatable bonds is 7. The molecule has 0 aliphatic carbocycles. The normalized spacial score (nSPS) is 11.0. The quantitative estimate of drug-likeness (QED) is 0.666. The fourth-order valence-corrected chi connectivity index (χ4v) is 2.24. The fourth-order valence-electron chi connectivity index (χ4n) is 2.24. The zero-order chi connectivity index (χ0) is 16.8. The van der Waals surface area contributed by atoms with Crippen molar-refractivity contribution in [1.29, 1.82) is 0 Å². The summed E-state index contributed by atoms with van der Waals surface area (Å²) in [4.78, 5) is 2.06. The van der Waals surface area contributed by atoms with Gasteiger partial charge >= 0.3 is 0 Å². The van der Waals surface area contributed by atoms with Gasteiger partial charge in [0.2, 0.25) is 0 Å². The van der Waals surface area contributed by atoms with Crippen molar-refractivity contribution in [2.75, 3.05) is 20.2 Å². The van der Waals surface area contributed by atoms with Crippen molar-refractivity contribution in [3.8, 4) is 11.4 Å². The highest BCUT2D eigenvalue weighted by atomic mass is 19.1. The second-order valence-electron chi connectivity index (χ2n) is 5.38. The molecule has 7 heteroatoms. The van der Waals surface area contributed by atoms with Gasteiger partial charge in [-0.1, -0.05) is 18.2 Å². The third-order valence-corrected chi connectivity index (χ3v) is 3.50. The maximum atomic E-state index is 12.8. The number of halogens is 1. The van der Waals surface area contributed by atoms with Crippen LogP contribution in [0.4, 0.5) is 4.39 Å². The third kappa shape index (κ3) is 4.14. The Morgan fingerprint density at radius 2 is 1.83 bits per heavy atom. The lowest BCUT2D eigenvalue weighted by molar-refractivity contribution is 0.228. The highest BCUT2D eigenvalue weighted by Crippen LogP contribution is 2.11. The van der Waals surface area contributed by atoms with E-state index in [0.717, 1.165) is 11.5 Å². The van der Waals surface area contributed by atoms with Gasteiger partial charge in [0, 0.05) is 6.54 Å². The molecule has 3 rings (SSSR count). The van der Waals surface area contributed by atoms with Crippen LogP contribution in [0.25, 0.3) is 5.69 Å². The number of nitrogens with zero attached hydrogens (tertiary/aromatic N) is 5. The van der Waals surface area contributed by atoms with Crippen molar-refractivity contribution in [2.45, 2.75) is 6.54 Å². The molecule has 0 amide bonds. The highest BCUT2D eigenvalue weighted by molar-refractivity contribution is 5.30. The van der Waals surface area contributed by atoms with E-state index in [-0.39, 0.29) is 5.82 Å². The monoisotopic (exact) mass is 327 g/mol. The van der Waals surface area contributed by atoms with Gasteiger partial charge in [-0.3, -0.25) is 4.90 Å². The van der Waals surface area contributed by atoms with Gasteiger partial charge < -0.3 is 4.74 Å². The molecule has 0 aliphatic rings. The first-order chi connectivity index (χ1) is 11.7. The van der Waals surface area contributed by atoms with Crippen LogP contribution in [-0.4, -0.2) is 45.3 Å². The summed E-state index contributed by atoms with van der Waals surface area (Å²) in [6.07, 6.45) is 0. The maximum absolute atomic E-state index is 12.8. The number of benzene rings is 2. The summed E-state index contributed by atoms with van der Waals surface area (Å²) in [6.45, 7) is 1.78. The van der Waals surface area contributed by atoms with E-state index in [1.165, 1.54) is 12.1 Å². The van der Waals surface area contributed by atoms with Crippen LogP contribution >= 0.6 is 0 Å². The van der Waals surface area contributed by atoms with Crippen LogP contribution in [0.2, 0.25) is 0 Å². The molecule has 0 atom stereocenters. The molecule has 24 heavy (non-hydrogen) atoms. The van der Waals surface area contributed by atoms with Crippen molar-refractivity contribution in [3.63, 3.8) is 0 Å². The Balaban J connectivity index is 1.53. The average Bonchev–Trinajstić information content (AvgIpc) is 3.05. The zero-order valence-electron chi connectivity index (χ0n) is 13.3. The molecule has 0 fully saturated rings. The number of para-hydroxylation sites is 1. The van der Waals surface area contributed by atoms with Gasteiger partial charge in [0.05, 0.1) is 12.2 Å². The average molecular weight is 327 g/mol. The Bertz CT molecular complexity index is 760. The third-order valence-electron chi connectivity index (χ3n) is 3.50. The molecule has 0 N–H and O–H groups in total. The molecular weight excluding hydrogens is 309 g/mol. The van der Waals surface area contributed by atoms with E-state index in [2.05, 4.69) is 20.4 Å². The van der Waals surface area contributed by atoms with Crippen LogP contribution in [0, 0.1) is 5.82 Å². The van der Waals surface area contributed by atoms with Gasteiger partial charge in [0.1, 0.15) is 18.2 Å². The molecule has 0 saturated carbocycles. The minimum Gasteiger partial charge on any atom is -0.492 e. The topological polar surface area (TPSA) is 56.1 Å². The Hall–Kier alpha value is -2.80. The standard InChI is InChI=1S/C17H18FN5O/c1-22(11-12-24-16-9-7-14(18)8-10-16)13-17-19-20-21-23(17)15-5-3-2-4-6-15/h2-10H,11-13H2,1H3. The molecule has 0 bridgehead atoms. The first-order valence-corrected chi connectivity index (χ1v) is 7.62. The van der Waals surface area contributed by atoms with Crippen molar-refractivity contribution >= 4 is 0 Å². The lowest BCUT2D eigenvalue weighted by Crippen LogP contribution is -2.25. The maximum Gasteiger partial charge on any atom is 0.170 e. The lowest BCUT2D eigenvalue weighted by atomic mass is 10.3. The summed E-state index contributed by atoms with van der Waals surface area (Å²) in [5.41, 5.74) is 0.925. The molecule has 0 unspecified atom stereocenters. The number of hydrogen-bond acceptors (Lipinski definition) is 5. The number of ether oxygens (including phenoxy) is 1. The van der Waals surface area contributed by atoms with Crippen molar-refractivity contribution in [3.05, 3.63) is 66.2 Å². The predicted octanol–water partition coefficient (Wildman–Crippen LogP) is 2.31. The van der Waals surface area contributed by atoms with Crippen LogP contribution in [0.15, 0.2) is 54.6 Å². The van der Waals surface area contributed by atoms with Crippen LogP contribution < -0.4 is 4.74 Å². The summed E-state index contributed by atoms with van der Waals surface area (Å²) < 4.78 is 20.2. The smallest absolute Gasteiger partial charge is 0.170 e. The molecule has 0 saturated heterocycles. The van der Waals surface area contributed by atoms with E-state index in [1.54, 1.807) is 16.8 Å². The van der Waals surface area contributed by atoms with Crippen LogP contribution in [0.3, 0.4) is 0 Å². The molecule has 6 nitrogen and oxygen atoms in total. The highest BCUT2D eigenvalue weighted by Gasteiger charge is 2.10. The molecule has 2 aromatic carbocycles. The van der Waals surface area contributed by atoms with E-state index in [4.69, 9.17) is 4.74 Å². The van der Waals surface area contributed by atoms with Gasteiger partial charge in [-0.15, -0.1) is 5.10 Å². The molecular formula is C17H18FN5O. The molecule has 0 aliphatic heterocycles. The van der Waals surface area contributed by atoms with Crippen molar-refractivity contribution in [1.82, 2.24) is 25.1 Å². The lowest BCUT2D eigenvalue weighted by Gasteiger charge is -2.16. The summed E-state index contributed by atoms with van der Waals surface area (Å²) in [5.74, 6) is 1.14. The molecule has 3 aromatic rings. The predicted molar refractivity (Wildman–Crippen MR) is 87.4 cm³/mol. The van der Waals surface area contributed by atoms with Crippen molar-refractivity contribution in [2.24, 2.45) is 0 Å². The summed E-state index contributed by atoms with van der Waals surface area (Å²) in [5, 5.41) is 11.9. The van der Waals surface area contributed by atoms with Crippen LogP contribution in [0.1, 0.15) is 5.82 Å². The van der Waals surface area contributed by atoms with Gasteiger partial charge in [-0.2, -0.15) is 4.68 Å².